The van der Waals surface area contributed by atoms with Crippen molar-refractivity contribution in [3.05, 3.63) is 89.1 Å². The van der Waals surface area contributed by atoms with E-state index in [1.54, 1.807) is 0 Å². The number of nitrogens with zero attached hydrogens (tertiary/aromatic N) is 5. The Kier molecular flexibility index (Phi) is 6.53. The average molecular weight is 519 g/mol. The predicted molar refractivity (Wildman–Crippen MR) is 157 cm³/mol. The van der Waals surface area contributed by atoms with Crippen molar-refractivity contribution in [3.63, 3.8) is 0 Å². The molecule has 0 unspecified atom stereocenters. The van der Waals surface area contributed by atoms with Gasteiger partial charge < -0.3 is 19.5 Å². The molecule has 6 rings (SSSR count). The Hall–Kier alpha value is -4.23. The maximum atomic E-state index is 6.36. The predicted octanol–water partition coefficient (Wildman–Crippen LogP) is 6.07. The molecular formula is C32H34N6O. The first-order chi connectivity index (χ1) is 18.9. The number of ether oxygens (including phenoxy) is 1. The van der Waals surface area contributed by atoms with E-state index in [9.17, 15) is 0 Å². The molecule has 0 saturated carbocycles. The number of nitrogens with one attached hydrogen (secondary N) is 1. The van der Waals surface area contributed by atoms with Crippen LogP contribution in [0, 0.1) is 20.8 Å². The highest BCUT2D eigenvalue weighted by Crippen LogP contribution is 2.37. The van der Waals surface area contributed by atoms with E-state index < -0.39 is 0 Å². The Morgan fingerprint density at radius 3 is 2.51 bits per heavy atom. The van der Waals surface area contributed by atoms with Gasteiger partial charge in [0.15, 0.2) is 0 Å². The van der Waals surface area contributed by atoms with Gasteiger partial charge in [-0.2, -0.15) is 0 Å². The van der Waals surface area contributed by atoms with Crippen LogP contribution in [0.1, 0.15) is 28.5 Å². The van der Waals surface area contributed by atoms with Crippen LogP contribution in [0.15, 0.2) is 60.7 Å². The molecular weight excluding hydrogens is 484 g/mol. The highest BCUT2D eigenvalue weighted by molar-refractivity contribution is 5.83. The third-order valence-corrected chi connectivity index (χ3v) is 7.19. The first kappa shape index (κ1) is 25.1. The molecule has 0 aliphatic carbocycles. The molecule has 0 spiro atoms. The normalized spacial score (nSPS) is 13.4. The minimum atomic E-state index is 0.590. The average Bonchev–Trinajstić information content (AvgIpc) is 3.13. The number of benzene rings is 3. The van der Waals surface area contributed by atoms with Crippen molar-refractivity contribution in [2.45, 2.75) is 33.9 Å². The largest absolute Gasteiger partial charge is 0.491 e. The van der Waals surface area contributed by atoms with E-state index in [2.05, 4.69) is 88.2 Å². The summed E-state index contributed by atoms with van der Waals surface area (Å²) in [7, 11) is 4.09. The van der Waals surface area contributed by atoms with Crippen molar-refractivity contribution in [3.8, 4) is 28.0 Å². The van der Waals surface area contributed by atoms with Crippen LogP contribution in [0.2, 0.25) is 0 Å². The third kappa shape index (κ3) is 4.98. The molecule has 3 aromatic carbocycles. The van der Waals surface area contributed by atoms with Crippen molar-refractivity contribution in [2.24, 2.45) is 0 Å². The van der Waals surface area contributed by atoms with Gasteiger partial charge in [0, 0.05) is 17.7 Å². The van der Waals surface area contributed by atoms with Crippen molar-refractivity contribution < 1.29 is 4.74 Å². The Morgan fingerprint density at radius 1 is 0.897 bits per heavy atom. The Balaban J connectivity index is 1.44. The fourth-order valence-electron chi connectivity index (χ4n) is 5.52. The molecule has 7 heteroatoms. The number of hydrogen-bond donors (Lipinski definition) is 1. The zero-order valence-corrected chi connectivity index (χ0v) is 23.2. The molecule has 5 aromatic rings. The van der Waals surface area contributed by atoms with Gasteiger partial charge in [-0.05, 0) is 81.4 Å². The first-order valence-electron chi connectivity index (χ1n) is 13.4. The Labute approximate surface area is 229 Å². The maximum Gasteiger partial charge on any atom is 0.144 e. The van der Waals surface area contributed by atoms with E-state index in [1.165, 1.54) is 5.56 Å². The standard InChI is InChI=1S/C32H34N6O/c1-20-15-25(24-11-12-27-28(17-24)35-22(3)34-27)16-26-18-38(13-14-39-31(20)26)32-30(23-9-7-6-8-10-23)21(2)33-29(36-32)19-37(4)5/h6-12,15-17H,13-14,18-19H2,1-5H3,(H,34,35). The number of rotatable bonds is 5. The van der Waals surface area contributed by atoms with Gasteiger partial charge in [0.2, 0.25) is 0 Å². The summed E-state index contributed by atoms with van der Waals surface area (Å²) in [6.07, 6.45) is 0. The Morgan fingerprint density at radius 2 is 1.72 bits per heavy atom. The summed E-state index contributed by atoms with van der Waals surface area (Å²) in [5, 5.41) is 0. The van der Waals surface area contributed by atoms with Crippen molar-refractivity contribution in [1.29, 1.82) is 0 Å². The van der Waals surface area contributed by atoms with E-state index in [4.69, 9.17) is 14.7 Å². The summed E-state index contributed by atoms with van der Waals surface area (Å²) >= 11 is 0. The summed E-state index contributed by atoms with van der Waals surface area (Å²) < 4.78 is 6.36. The number of aryl methyl sites for hydroxylation is 3. The number of fused-ring (bicyclic) bond motifs is 2. The Bertz CT molecular complexity index is 1660. The molecule has 3 heterocycles. The van der Waals surface area contributed by atoms with Crippen LogP contribution < -0.4 is 9.64 Å². The van der Waals surface area contributed by atoms with E-state index in [-0.39, 0.29) is 0 Å². The molecule has 2 aromatic heterocycles. The van der Waals surface area contributed by atoms with Crippen LogP contribution in [0.5, 0.6) is 5.75 Å². The second-order valence-corrected chi connectivity index (χ2v) is 10.6. The van der Waals surface area contributed by atoms with Crippen LogP contribution in [-0.2, 0) is 13.1 Å². The lowest BCUT2D eigenvalue weighted by Gasteiger charge is -2.26. The summed E-state index contributed by atoms with van der Waals surface area (Å²) in [4.78, 5) is 22.4. The quantitative estimate of drug-likeness (QED) is 0.304. The molecule has 1 N–H and O–H groups in total. The van der Waals surface area contributed by atoms with Gasteiger partial charge in [-0.1, -0.05) is 36.4 Å². The van der Waals surface area contributed by atoms with Gasteiger partial charge in [-0.15, -0.1) is 0 Å². The highest BCUT2D eigenvalue weighted by atomic mass is 16.5. The number of aromatic amines is 1. The molecule has 7 nitrogen and oxygen atoms in total. The second-order valence-electron chi connectivity index (χ2n) is 10.6. The summed E-state index contributed by atoms with van der Waals surface area (Å²) in [5.41, 5.74) is 9.85. The fraction of sp³-hybridized carbons (Fsp3) is 0.281. The highest BCUT2D eigenvalue weighted by Gasteiger charge is 2.24. The van der Waals surface area contributed by atoms with E-state index in [0.717, 1.165) is 74.3 Å². The molecule has 1 aliphatic heterocycles. The molecule has 198 valence electrons. The minimum absolute atomic E-state index is 0.590. The van der Waals surface area contributed by atoms with Crippen LogP contribution in [-0.4, -0.2) is 52.1 Å². The van der Waals surface area contributed by atoms with Crippen molar-refractivity contribution >= 4 is 16.9 Å². The lowest BCUT2D eigenvalue weighted by molar-refractivity contribution is 0.329. The molecule has 0 bridgehead atoms. The first-order valence-corrected chi connectivity index (χ1v) is 13.4. The van der Waals surface area contributed by atoms with E-state index in [1.807, 2.05) is 27.1 Å². The monoisotopic (exact) mass is 518 g/mol. The van der Waals surface area contributed by atoms with Crippen molar-refractivity contribution in [1.82, 2.24) is 24.8 Å². The smallest absolute Gasteiger partial charge is 0.144 e. The van der Waals surface area contributed by atoms with Gasteiger partial charge in [0.25, 0.3) is 0 Å². The van der Waals surface area contributed by atoms with E-state index >= 15 is 0 Å². The van der Waals surface area contributed by atoms with Gasteiger partial charge in [-0.3, -0.25) is 0 Å². The number of imidazole rings is 1. The van der Waals surface area contributed by atoms with Gasteiger partial charge in [0.05, 0.1) is 29.8 Å². The second kappa shape index (κ2) is 10.2. The molecule has 0 radical (unpaired) electrons. The number of H-pyrrole nitrogens is 1. The summed E-state index contributed by atoms with van der Waals surface area (Å²) in [6, 6.07) is 21.4. The molecule has 0 fully saturated rings. The number of hydrogen-bond acceptors (Lipinski definition) is 6. The molecule has 0 saturated heterocycles. The maximum absolute atomic E-state index is 6.36. The van der Waals surface area contributed by atoms with Crippen LogP contribution in [0.4, 0.5) is 5.82 Å². The van der Waals surface area contributed by atoms with Gasteiger partial charge in [-0.25, -0.2) is 15.0 Å². The van der Waals surface area contributed by atoms with Crippen molar-refractivity contribution in [2.75, 3.05) is 32.1 Å². The van der Waals surface area contributed by atoms with Gasteiger partial charge >= 0.3 is 0 Å². The zero-order valence-electron chi connectivity index (χ0n) is 23.2. The molecule has 1 aliphatic rings. The number of anilines is 1. The SMILES string of the molecule is Cc1nc2ccc(-c3cc(C)c4c(c3)CN(c3nc(CN(C)C)nc(C)c3-c3ccccc3)CCO4)cc2[nH]1. The fourth-order valence-corrected chi connectivity index (χ4v) is 5.52. The topological polar surface area (TPSA) is 70.2 Å². The van der Waals surface area contributed by atoms with Crippen LogP contribution in [0.25, 0.3) is 33.3 Å². The van der Waals surface area contributed by atoms with E-state index in [0.29, 0.717) is 19.7 Å². The third-order valence-electron chi connectivity index (χ3n) is 7.19. The van der Waals surface area contributed by atoms with Crippen LogP contribution in [0.3, 0.4) is 0 Å². The lowest BCUT2D eigenvalue weighted by atomic mass is 9.98. The summed E-state index contributed by atoms with van der Waals surface area (Å²) in [6.45, 7) is 8.92. The molecule has 0 atom stereocenters. The van der Waals surface area contributed by atoms with Gasteiger partial charge in [0.1, 0.15) is 29.8 Å². The zero-order chi connectivity index (χ0) is 27.1. The minimum Gasteiger partial charge on any atom is -0.491 e. The number of aromatic nitrogens is 4. The summed E-state index contributed by atoms with van der Waals surface area (Å²) in [5.74, 6) is 3.68. The lowest BCUT2D eigenvalue weighted by Crippen LogP contribution is -2.28. The molecule has 39 heavy (non-hydrogen) atoms. The molecule has 0 amide bonds. The van der Waals surface area contributed by atoms with Crippen LogP contribution >= 0.6 is 0 Å².